The number of hydrogen-bond donors (Lipinski definition) is 0. The van der Waals surface area contributed by atoms with Crippen molar-refractivity contribution in [2.24, 2.45) is 4.99 Å². The molecule has 3 aromatic rings. The molecular weight excluding hydrogens is 584 g/mol. The maximum atomic E-state index is 13.6. The maximum Gasteiger partial charge on any atom is 0.338 e. The summed E-state index contributed by atoms with van der Waals surface area (Å²) in [5, 5.41) is 0. The van der Waals surface area contributed by atoms with Gasteiger partial charge in [-0.05, 0) is 78.2 Å². The van der Waals surface area contributed by atoms with Crippen LogP contribution in [0.15, 0.2) is 72.5 Å². The number of rotatable bonds is 6. The molecule has 6 nitrogen and oxygen atoms in total. The average Bonchev–Trinajstić information content (AvgIpc) is 3.10. The lowest BCUT2D eigenvalue weighted by Crippen LogP contribution is -2.39. The molecular formula is C25H22Br2N2O4S. The summed E-state index contributed by atoms with van der Waals surface area (Å²) in [6, 6.07) is 12.6. The highest BCUT2D eigenvalue weighted by atomic mass is 79.9. The van der Waals surface area contributed by atoms with Crippen LogP contribution in [0, 0.1) is 0 Å². The number of carbonyl (C=O) groups excluding carboxylic acids is 1. The lowest BCUT2D eigenvalue weighted by Gasteiger charge is -2.24. The first-order valence-corrected chi connectivity index (χ1v) is 13.1. The highest BCUT2D eigenvalue weighted by molar-refractivity contribution is 9.10. The second-order valence-corrected chi connectivity index (χ2v) is 10.3. The predicted molar refractivity (Wildman–Crippen MR) is 140 cm³/mol. The second kappa shape index (κ2) is 10.4. The summed E-state index contributed by atoms with van der Waals surface area (Å²) in [5.74, 6) is 0.271. The van der Waals surface area contributed by atoms with Crippen molar-refractivity contribution in [3.63, 3.8) is 0 Å². The topological polar surface area (TPSA) is 69.9 Å². The van der Waals surface area contributed by atoms with Crippen molar-refractivity contribution in [3.05, 3.63) is 93.5 Å². The van der Waals surface area contributed by atoms with Crippen LogP contribution in [0.5, 0.6) is 5.75 Å². The van der Waals surface area contributed by atoms with Gasteiger partial charge in [-0.1, -0.05) is 45.5 Å². The summed E-state index contributed by atoms with van der Waals surface area (Å²) in [4.78, 5) is 31.7. The van der Waals surface area contributed by atoms with Gasteiger partial charge >= 0.3 is 5.97 Å². The Labute approximate surface area is 217 Å². The normalized spacial score (nSPS) is 15.7. The summed E-state index contributed by atoms with van der Waals surface area (Å²) in [6.07, 6.45) is 1.83. The zero-order valence-electron chi connectivity index (χ0n) is 18.8. The number of carbonyl (C=O) groups is 1. The molecule has 2 heterocycles. The van der Waals surface area contributed by atoms with Crippen molar-refractivity contribution >= 4 is 55.2 Å². The van der Waals surface area contributed by atoms with Crippen molar-refractivity contribution in [1.82, 2.24) is 4.57 Å². The van der Waals surface area contributed by atoms with Crippen molar-refractivity contribution < 1.29 is 14.3 Å². The molecule has 1 aromatic heterocycles. The molecule has 9 heteroatoms. The molecule has 0 spiro atoms. The molecule has 0 N–H and O–H groups in total. The number of esters is 1. The number of benzene rings is 2. The molecule has 0 bridgehead atoms. The Balaban J connectivity index is 1.89. The minimum atomic E-state index is -0.627. The van der Waals surface area contributed by atoms with Gasteiger partial charge in [-0.3, -0.25) is 9.36 Å². The van der Waals surface area contributed by atoms with Crippen LogP contribution in [-0.2, 0) is 9.53 Å². The van der Waals surface area contributed by atoms with E-state index in [-0.39, 0.29) is 12.2 Å². The molecule has 4 rings (SSSR count). The number of ether oxygens (including phenoxy) is 2. The Hall–Kier alpha value is -2.49. The van der Waals surface area contributed by atoms with Crippen LogP contribution in [0.4, 0.5) is 0 Å². The first-order valence-electron chi connectivity index (χ1n) is 10.7. The van der Waals surface area contributed by atoms with Gasteiger partial charge in [-0.15, -0.1) is 0 Å². The first kappa shape index (κ1) is 24.6. The third kappa shape index (κ3) is 4.82. The standard InChI is InChI=1S/C25H22Br2N2O4S/c1-4-32-19-11-6-15(12-18(19)27)13-20-23(30)29-22(16-7-9-17(26)10-8-16)21(24(31)33-5-2)14(3)28-25(29)34-20/h6-13,22H,4-5H2,1-3H3/b20-13-/t22-/m1/s1. The van der Waals surface area contributed by atoms with Crippen LogP contribution >= 0.6 is 43.2 Å². The van der Waals surface area contributed by atoms with E-state index in [1.54, 1.807) is 18.4 Å². The van der Waals surface area contributed by atoms with Gasteiger partial charge in [0.1, 0.15) is 5.75 Å². The Morgan fingerprint density at radius 1 is 1.15 bits per heavy atom. The van der Waals surface area contributed by atoms with Crippen molar-refractivity contribution in [1.29, 1.82) is 0 Å². The van der Waals surface area contributed by atoms with Crippen LogP contribution in [-0.4, -0.2) is 23.8 Å². The van der Waals surface area contributed by atoms with Gasteiger partial charge in [-0.2, -0.15) is 0 Å². The third-order valence-corrected chi connectivity index (χ3v) is 7.39. The summed E-state index contributed by atoms with van der Waals surface area (Å²) in [7, 11) is 0. The highest BCUT2D eigenvalue weighted by Crippen LogP contribution is 2.31. The average molecular weight is 606 g/mol. The summed E-state index contributed by atoms with van der Waals surface area (Å²) >= 11 is 8.27. The number of nitrogens with zero attached hydrogens (tertiary/aromatic N) is 2. The maximum absolute atomic E-state index is 13.6. The van der Waals surface area contributed by atoms with Crippen LogP contribution in [0.1, 0.15) is 37.9 Å². The lowest BCUT2D eigenvalue weighted by atomic mass is 9.96. The van der Waals surface area contributed by atoms with E-state index < -0.39 is 12.0 Å². The smallest absolute Gasteiger partial charge is 0.338 e. The fourth-order valence-electron chi connectivity index (χ4n) is 3.78. The molecule has 0 unspecified atom stereocenters. The quantitative estimate of drug-likeness (QED) is 0.381. The van der Waals surface area contributed by atoms with Gasteiger partial charge in [-0.25, -0.2) is 9.79 Å². The fraction of sp³-hybridized carbons (Fsp3) is 0.240. The van der Waals surface area contributed by atoms with E-state index in [2.05, 4.69) is 36.9 Å². The number of halogens is 2. The molecule has 0 amide bonds. The molecule has 0 aliphatic carbocycles. The summed E-state index contributed by atoms with van der Waals surface area (Å²) in [5.41, 5.74) is 2.35. The molecule has 1 aliphatic rings. The highest BCUT2D eigenvalue weighted by Gasteiger charge is 2.33. The summed E-state index contributed by atoms with van der Waals surface area (Å²) < 4.78 is 14.7. The van der Waals surface area contributed by atoms with Gasteiger partial charge < -0.3 is 9.47 Å². The zero-order chi connectivity index (χ0) is 24.4. The van der Waals surface area contributed by atoms with E-state index in [1.807, 2.05) is 55.5 Å². The van der Waals surface area contributed by atoms with E-state index in [0.29, 0.717) is 27.2 Å². The number of allylic oxidation sites excluding steroid dienone is 1. The Bertz CT molecular complexity index is 1460. The molecule has 176 valence electrons. The minimum Gasteiger partial charge on any atom is -0.493 e. The Kier molecular flexibility index (Phi) is 7.54. The number of aromatic nitrogens is 1. The largest absolute Gasteiger partial charge is 0.493 e. The molecule has 2 aromatic carbocycles. The van der Waals surface area contributed by atoms with Gasteiger partial charge in [0.25, 0.3) is 5.56 Å². The second-order valence-electron chi connectivity index (χ2n) is 7.48. The van der Waals surface area contributed by atoms with E-state index in [9.17, 15) is 9.59 Å². The van der Waals surface area contributed by atoms with Gasteiger partial charge in [0.05, 0.1) is 39.5 Å². The first-order chi connectivity index (χ1) is 16.3. The molecule has 1 atom stereocenters. The van der Waals surface area contributed by atoms with Gasteiger partial charge in [0.15, 0.2) is 4.80 Å². The van der Waals surface area contributed by atoms with Crippen molar-refractivity contribution in [2.75, 3.05) is 13.2 Å². The van der Waals surface area contributed by atoms with Gasteiger partial charge in [0, 0.05) is 4.47 Å². The van der Waals surface area contributed by atoms with E-state index in [1.165, 1.54) is 11.3 Å². The molecule has 34 heavy (non-hydrogen) atoms. The molecule has 0 saturated heterocycles. The molecule has 0 saturated carbocycles. The van der Waals surface area contributed by atoms with Crippen molar-refractivity contribution in [3.8, 4) is 5.75 Å². The molecule has 0 radical (unpaired) electrons. The molecule has 0 fully saturated rings. The number of fused-ring (bicyclic) bond motifs is 1. The monoisotopic (exact) mass is 604 g/mol. The van der Waals surface area contributed by atoms with Crippen LogP contribution < -0.4 is 19.6 Å². The molecule has 1 aliphatic heterocycles. The van der Waals surface area contributed by atoms with E-state index >= 15 is 0 Å². The Morgan fingerprint density at radius 2 is 1.88 bits per heavy atom. The summed E-state index contributed by atoms with van der Waals surface area (Å²) in [6.45, 7) is 6.26. The van der Waals surface area contributed by atoms with E-state index in [4.69, 9.17) is 9.47 Å². The van der Waals surface area contributed by atoms with Crippen LogP contribution in [0.25, 0.3) is 6.08 Å². The number of hydrogen-bond acceptors (Lipinski definition) is 6. The zero-order valence-corrected chi connectivity index (χ0v) is 22.8. The lowest BCUT2D eigenvalue weighted by molar-refractivity contribution is -0.139. The SMILES string of the molecule is CCOC(=O)C1=C(C)N=c2s/c(=C\c3ccc(OCC)c(Br)c3)c(=O)n2[C@@H]1c1ccc(Br)cc1. The van der Waals surface area contributed by atoms with Gasteiger partial charge in [0.2, 0.25) is 0 Å². The number of thiazole rings is 1. The third-order valence-electron chi connectivity index (χ3n) is 5.26. The predicted octanol–water partition coefficient (Wildman–Crippen LogP) is 4.72. The minimum absolute atomic E-state index is 0.212. The van der Waals surface area contributed by atoms with E-state index in [0.717, 1.165) is 25.8 Å². The Morgan fingerprint density at radius 3 is 2.53 bits per heavy atom. The van der Waals surface area contributed by atoms with Crippen LogP contribution in [0.2, 0.25) is 0 Å². The van der Waals surface area contributed by atoms with Crippen LogP contribution in [0.3, 0.4) is 0 Å². The fourth-order valence-corrected chi connectivity index (χ4v) is 5.60. The van der Waals surface area contributed by atoms with Crippen molar-refractivity contribution in [2.45, 2.75) is 26.8 Å².